The van der Waals surface area contributed by atoms with Gasteiger partial charge in [-0.2, -0.15) is 0 Å². The van der Waals surface area contributed by atoms with Gasteiger partial charge < -0.3 is 5.32 Å². The third kappa shape index (κ3) is 2.58. The normalized spacial score (nSPS) is 31.4. The molecule has 0 fully saturated rings. The summed E-state index contributed by atoms with van der Waals surface area (Å²) in [6.07, 6.45) is 1.73. The van der Waals surface area contributed by atoms with Gasteiger partial charge >= 0.3 is 0 Å². The molecule has 2 atom stereocenters. The standard InChI is InChI=1S/C18H20N2S/c1-5-14-15-8-7-12(3)20-18(15)21-17(14)13(4)16-9-6-11(2)10-19-16/h5-9,14,17,19H,1,4,10H2,2-3H3/i2D3,3D3,6D,9D. The van der Waals surface area contributed by atoms with Gasteiger partial charge in [0.25, 0.3) is 0 Å². The molecule has 3 heteroatoms. The summed E-state index contributed by atoms with van der Waals surface area (Å²) in [5, 5.41) is 3.21. The van der Waals surface area contributed by atoms with E-state index in [1.54, 1.807) is 12.1 Å². The van der Waals surface area contributed by atoms with E-state index in [1.165, 1.54) is 17.8 Å². The molecular formula is C18H20N2S. The molecule has 0 spiro atoms. The average molecular weight is 304 g/mol. The van der Waals surface area contributed by atoms with E-state index in [9.17, 15) is 0 Å². The first-order valence-electron chi connectivity index (χ1n) is 10.5. The number of nitrogens with zero attached hydrogens (tertiary/aromatic N) is 1. The molecule has 3 heterocycles. The highest BCUT2D eigenvalue weighted by Gasteiger charge is 2.35. The number of fused-ring (bicyclic) bond motifs is 1. The molecule has 0 aliphatic carbocycles. The molecule has 2 aliphatic heterocycles. The predicted molar refractivity (Wildman–Crippen MR) is 90.5 cm³/mol. The Kier molecular flexibility index (Phi) is 1.99. The molecule has 1 N–H and O–H groups in total. The molecule has 1 aromatic rings. The van der Waals surface area contributed by atoms with E-state index in [0.29, 0.717) is 16.3 Å². The number of allylic oxidation sites excluding steroid dienone is 4. The molecule has 0 saturated carbocycles. The molecule has 0 bridgehead atoms. The monoisotopic (exact) mass is 304 g/mol. The molecule has 0 radical (unpaired) electrons. The fraction of sp³-hybridized carbons (Fsp3) is 0.278. The first kappa shape index (κ1) is 7.50. The second kappa shape index (κ2) is 5.57. The zero-order valence-corrected chi connectivity index (χ0v) is 12.2. The van der Waals surface area contributed by atoms with Gasteiger partial charge in [0, 0.05) is 37.3 Å². The fourth-order valence-corrected chi connectivity index (χ4v) is 3.83. The van der Waals surface area contributed by atoms with Crippen molar-refractivity contribution in [3.05, 3.63) is 71.6 Å². The maximum Gasteiger partial charge on any atom is 0.101 e. The molecule has 3 rings (SSSR count). The van der Waals surface area contributed by atoms with Crippen LogP contribution >= 0.6 is 11.8 Å². The van der Waals surface area contributed by atoms with Crippen LogP contribution in [0.4, 0.5) is 0 Å². The van der Waals surface area contributed by atoms with E-state index in [1.807, 2.05) is 0 Å². The number of thioether (sulfide) groups is 1. The maximum atomic E-state index is 8.28. The summed E-state index contributed by atoms with van der Waals surface area (Å²) in [7, 11) is 0. The van der Waals surface area contributed by atoms with Crippen LogP contribution in [-0.2, 0) is 0 Å². The van der Waals surface area contributed by atoms with Crippen molar-refractivity contribution in [1.29, 1.82) is 0 Å². The van der Waals surface area contributed by atoms with Crippen LogP contribution in [0.5, 0.6) is 0 Å². The van der Waals surface area contributed by atoms with Gasteiger partial charge in [-0.05, 0) is 37.0 Å². The quantitative estimate of drug-likeness (QED) is 0.850. The number of pyridine rings is 1. The topological polar surface area (TPSA) is 24.9 Å². The number of rotatable bonds is 3. The van der Waals surface area contributed by atoms with E-state index in [0.717, 1.165) is 5.56 Å². The fourth-order valence-electron chi connectivity index (χ4n) is 2.43. The van der Waals surface area contributed by atoms with Crippen LogP contribution in [0.3, 0.4) is 0 Å². The van der Waals surface area contributed by atoms with E-state index >= 15 is 0 Å². The van der Waals surface area contributed by atoms with Crippen molar-refractivity contribution >= 4 is 11.8 Å². The number of hydrogen-bond acceptors (Lipinski definition) is 3. The third-order valence-corrected chi connectivity index (χ3v) is 4.89. The van der Waals surface area contributed by atoms with Crippen molar-refractivity contribution in [2.75, 3.05) is 6.54 Å². The van der Waals surface area contributed by atoms with Gasteiger partial charge in [-0.15, -0.1) is 6.58 Å². The van der Waals surface area contributed by atoms with Crippen LogP contribution in [0.15, 0.2) is 65.3 Å². The minimum atomic E-state index is -2.44. The summed E-state index contributed by atoms with van der Waals surface area (Å²) >= 11 is 1.33. The third-order valence-electron chi connectivity index (χ3n) is 3.51. The molecule has 1 aromatic heterocycles. The molecule has 0 saturated heterocycles. The molecule has 0 aromatic carbocycles. The van der Waals surface area contributed by atoms with Gasteiger partial charge in [0.15, 0.2) is 0 Å². The van der Waals surface area contributed by atoms with Gasteiger partial charge in [0.1, 0.15) is 5.03 Å². The van der Waals surface area contributed by atoms with Gasteiger partial charge in [0.05, 0.1) is 2.74 Å². The first-order chi connectivity index (χ1) is 13.4. The predicted octanol–water partition coefficient (Wildman–Crippen LogP) is 4.12. The summed E-state index contributed by atoms with van der Waals surface area (Å²) < 4.78 is 61.6. The molecule has 2 aliphatic rings. The van der Waals surface area contributed by atoms with Crippen molar-refractivity contribution in [3.8, 4) is 0 Å². The first-order valence-corrected chi connectivity index (χ1v) is 7.39. The Morgan fingerprint density at radius 2 is 2.43 bits per heavy atom. The van der Waals surface area contributed by atoms with Crippen LogP contribution in [0.2, 0.25) is 0 Å². The molecule has 2 nitrogen and oxygen atoms in total. The summed E-state index contributed by atoms with van der Waals surface area (Å²) in [6.45, 7) is 3.15. The van der Waals surface area contributed by atoms with E-state index in [2.05, 4.69) is 23.5 Å². The molecular weight excluding hydrogens is 276 g/mol. The Morgan fingerprint density at radius 3 is 3.19 bits per heavy atom. The van der Waals surface area contributed by atoms with Gasteiger partial charge in [-0.25, -0.2) is 4.98 Å². The Balaban J connectivity index is 1.97. The minimum Gasteiger partial charge on any atom is -0.381 e. The summed E-state index contributed by atoms with van der Waals surface area (Å²) in [6, 6.07) is 2.67. The van der Waals surface area contributed by atoms with E-state index in [-0.39, 0.29) is 41.1 Å². The Morgan fingerprint density at radius 1 is 1.52 bits per heavy atom. The minimum absolute atomic E-state index is 0.00714. The number of hydrogen-bond donors (Lipinski definition) is 1. The largest absolute Gasteiger partial charge is 0.381 e. The van der Waals surface area contributed by atoms with Crippen molar-refractivity contribution in [3.63, 3.8) is 0 Å². The van der Waals surface area contributed by atoms with Crippen LogP contribution in [0.25, 0.3) is 0 Å². The van der Waals surface area contributed by atoms with Crippen LogP contribution in [0, 0.1) is 6.85 Å². The Hall–Kier alpha value is -1.74. The second-order valence-corrected chi connectivity index (χ2v) is 6.00. The van der Waals surface area contributed by atoms with Crippen LogP contribution in [0.1, 0.15) is 35.0 Å². The highest BCUT2D eigenvalue weighted by molar-refractivity contribution is 8.00. The lowest BCUT2D eigenvalue weighted by Gasteiger charge is -2.23. The highest BCUT2D eigenvalue weighted by Crippen LogP contribution is 2.48. The zero-order chi connectivity index (χ0) is 21.7. The highest BCUT2D eigenvalue weighted by atomic mass is 32.2. The maximum absolute atomic E-state index is 8.28. The number of dihydropyridines is 1. The molecule has 21 heavy (non-hydrogen) atoms. The zero-order valence-electron chi connectivity index (χ0n) is 19.4. The van der Waals surface area contributed by atoms with Crippen molar-refractivity contribution in [2.24, 2.45) is 0 Å². The van der Waals surface area contributed by atoms with Crippen LogP contribution < -0.4 is 5.32 Å². The van der Waals surface area contributed by atoms with Gasteiger partial charge in [-0.3, -0.25) is 0 Å². The molecule has 0 amide bonds. The summed E-state index contributed by atoms with van der Waals surface area (Å²) in [5.41, 5.74) is 1.57. The summed E-state index contributed by atoms with van der Waals surface area (Å²) in [4.78, 5) is 4.29. The number of aromatic nitrogens is 1. The SMILES string of the molecule is [2H]C1=C(C(=C)C2Sc3nc(C([2H])([2H])[2H])ccc3C2C=C)NCC(C([2H])([2H])[2H])=C1[2H]. The lowest BCUT2D eigenvalue weighted by atomic mass is 9.91. The Labute approximate surface area is 142 Å². The van der Waals surface area contributed by atoms with Gasteiger partial charge in [0.2, 0.25) is 0 Å². The van der Waals surface area contributed by atoms with E-state index in [4.69, 9.17) is 11.0 Å². The summed E-state index contributed by atoms with van der Waals surface area (Å²) in [5.74, 6) is -0.204. The van der Waals surface area contributed by atoms with Crippen LogP contribution in [-0.4, -0.2) is 16.8 Å². The lowest BCUT2D eigenvalue weighted by molar-refractivity contribution is 0.800. The number of aryl methyl sites for hydroxylation is 1. The van der Waals surface area contributed by atoms with Crippen molar-refractivity contribution in [1.82, 2.24) is 10.3 Å². The van der Waals surface area contributed by atoms with Gasteiger partial charge in [-0.1, -0.05) is 42.1 Å². The van der Waals surface area contributed by atoms with Crippen molar-refractivity contribution < 1.29 is 11.0 Å². The smallest absolute Gasteiger partial charge is 0.101 e. The lowest BCUT2D eigenvalue weighted by Crippen LogP contribution is -2.24. The Bertz CT molecular complexity index is 942. The molecule has 108 valence electrons. The second-order valence-electron chi connectivity index (χ2n) is 4.87. The average Bonchev–Trinajstić information content (AvgIpc) is 2.99. The van der Waals surface area contributed by atoms with E-state index < -0.39 is 13.7 Å². The van der Waals surface area contributed by atoms with Crippen molar-refractivity contribution in [2.45, 2.75) is 29.9 Å². The molecule has 2 unspecified atom stereocenters. The number of nitrogens with one attached hydrogen (secondary N) is 1.